The molecule has 11 heteroatoms. The van der Waals surface area contributed by atoms with E-state index in [0.717, 1.165) is 5.56 Å². The van der Waals surface area contributed by atoms with Crippen molar-refractivity contribution in [2.24, 2.45) is 5.73 Å². The Balaban J connectivity index is 1.81. The Bertz CT molecular complexity index is 1320. The van der Waals surface area contributed by atoms with Gasteiger partial charge in [0.05, 0.1) is 4.90 Å². The van der Waals surface area contributed by atoms with Gasteiger partial charge in [-0.2, -0.15) is 4.72 Å². The van der Waals surface area contributed by atoms with Crippen LogP contribution in [0.1, 0.15) is 24.8 Å². The van der Waals surface area contributed by atoms with Crippen molar-refractivity contribution in [1.82, 2.24) is 4.72 Å². The van der Waals surface area contributed by atoms with Gasteiger partial charge in [0.15, 0.2) is 0 Å². The molecule has 3 rings (SSSR count). The zero-order chi connectivity index (χ0) is 24.8. The van der Waals surface area contributed by atoms with Crippen LogP contribution in [0.5, 0.6) is 0 Å². The first kappa shape index (κ1) is 26.0. The highest BCUT2D eigenvalue weighted by Crippen LogP contribution is 2.30. The molecule has 8 nitrogen and oxygen atoms in total. The third-order valence-corrected chi connectivity index (χ3v) is 10.3. The first-order valence-corrected chi connectivity index (χ1v) is 14.4. The van der Waals surface area contributed by atoms with E-state index in [-0.39, 0.29) is 19.7 Å². The highest BCUT2D eigenvalue weighted by Gasteiger charge is 2.29. The van der Waals surface area contributed by atoms with E-state index in [4.69, 9.17) is 5.73 Å². The number of carbonyl (C=O) groups is 1. The Hall–Kier alpha value is -2.57. The zero-order valence-corrected chi connectivity index (χ0v) is 21.0. The van der Waals surface area contributed by atoms with Crippen molar-refractivity contribution in [3.8, 4) is 0 Å². The Kier molecular flexibility index (Phi) is 8.61. The molecule has 1 atom stereocenters. The number of hydrogen-bond donors (Lipinski definition) is 3. The van der Waals surface area contributed by atoms with Crippen LogP contribution >= 0.6 is 11.3 Å². The average molecular weight is 522 g/mol. The predicted molar refractivity (Wildman–Crippen MR) is 133 cm³/mol. The van der Waals surface area contributed by atoms with Crippen LogP contribution in [-0.2, 0) is 24.7 Å². The molecule has 0 aliphatic heterocycles. The molecule has 1 aromatic heterocycles. The summed E-state index contributed by atoms with van der Waals surface area (Å²) in [5, 5.41) is 2.73. The summed E-state index contributed by atoms with van der Waals surface area (Å²) in [7, 11) is -8.00. The number of carbonyl (C=O) groups excluding carboxylic acids is 1. The second kappa shape index (κ2) is 11.2. The summed E-state index contributed by atoms with van der Waals surface area (Å²) in [5.41, 5.74) is 7.12. The van der Waals surface area contributed by atoms with Crippen molar-refractivity contribution >= 4 is 42.8 Å². The number of aryl methyl sites for hydroxylation is 1. The van der Waals surface area contributed by atoms with Crippen molar-refractivity contribution in [1.29, 1.82) is 0 Å². The molecule has 34 heavy (non-hydrogen) atoms. The number of amides is 1. The van der Waals surface area contributed by atoms with Crippen LogP contribution in [0.15, 0.2) is 80.0 Å². The van der Waals surface area contributed by atoms with Gasteiger partial charge < -0.3 is 11.1 Å². The number of thiophene rings is 1. The minimum Gasteiger partial charge on any atom is -0.330 e. The van der Waals surface area contributed by atoms with E-state index in [2.05, 4.69) is 10.0 Å². The molecule has 0 aliphatic carbocycles. The highest BCUT2D eigenvalue weighted by atomic mass is 32.3. The van der Waals surface area contributed by atoms with Crippen molar-refractivity contribution in [2.45, 2.75) is 45.5 Å². The summed E-state index contributed by atoms with van der Waals surface area (Å²) in [6.07, 6.45) is 1.42. The number of nitrogens with one attached hydrogen (secondary N) is 2. The maximum Gasteiger partial charge on any atom is 0.250 e. The van der Waals surface area contributed by atoms with E-state index in [9.17, 15) is 21.6 Å². The average Bonchev–Trinajstić information content (AvgIpc) is 3.33. The molecular weight excluding hydrogens is 494 g/mol. The number of hydrogen-bond acceptors (Lipinski definition) is 7. The highest BCUT2D eigenvalue weighted by molar-refractivity contribution is 7.95. The largest absolute Gasteiger partial charge is 0.330 e. The molecule has 0 bridgehead atoms. The molecule has 182 valence electrons. The smallest absolute Gasteiger partial charge is 0.250 e. The van der Waals surface area contributed by atoms with E-state index in [1.165, 1.54) is 24.3 Å². The molecule has 1 heterocycles. The Morgan fingerprint density at radius 1 is 0.912 bits per heavy atom. The number of sulfonamides is 1. The first-order chi connectivity index (χ1) is 16.1. The van der Waals surface area contributed by atoms with E-state index in [1.807, 2.05) is 19.1 Å². The van der Waals surface area contributed by atoms with Crippen LogP contribution in [0.25, 0.3) is 0 Å². The Labute approximate surface area is 204 Å². The van der Waals surface area contributed by atoms with Gasteiger partial charge in [-0.1, -0.05) is 42.3 Å². The molecule has 0 aliphatic rings. The standard InChI is InChI=1S/C23H27N3O5S3/c1-17-10-12-18(13-11-17)25-23(27)20(9-5-6-16-24)26-34(30,31)22-15-14-21(32-22)33(28,29)19-7-3-2-4-8-19/h2-4,7-8,10-15,20,26H,5-6,9,16,24H2,1H3,(H,25,27)/t20-/m0/s1. The number of nitrogens with two attached hydrogens (primary N) is 1. The zero-order valence-electron chi connectivity index (χ0n) is 18.6. The van der Waals surface area contributed by atoms with Crippen molar-refractivity contribution in [3.63, 3.8) is 0 Å². The Morgan fingerprint density at radius 2 is 1.56 bits per heavy atom. The minimum absolute atomic E-state index is 0.0749. The summed E-state index contributed by atoms with van der Waals surface area (Å²) < 4.78 is 53.9. The van der Waals surface area contributed by atoms with E-state index in [1.54, 1.807) is 30.3 Å². The SMILES string of the molecule is Cc1ccc(NC(=O)[C@H](CCCCN)NS(=O)(=O)c2ccc(S(=O)(=O)c3ccccc3)s2)cc1. The molecule has 0 fully saturated rings. The molecule has 4 N–H and O–H groups in total. The lowest BCUT2D eigenvalue weighted by atomic mass is 10.1. The van der Waals surface area contributed by atoms with Gasteiger partial charge >= 0.3 is 0 Å². The van der Waals surface area contributed by atoms with Crippen molar-refractivity contribution in [2.75, 3.05) is 11.9 Å². The fraction of sp³-hybridized carbons (Fsp3) is 0.261. The van der Waals surface area contributed by atoms with Gasteiger partial charge in [-0.15, -0.1) is 11.3 Å². The lowest BCUT2D eigenvalue weighted by molar-refractivity contribution is -0.117. The maximum absolute atomic E-state index is 13.1. The van der Waals surface area contributed by atoms with Gasteiger partial charge in [0.25, 0.3) is 10.0 Å². The number of benzene rings is 2. The fourth-order valence-electron chi connectivity index (χ4n) is 3.16. The fourth-order valence-corrected chi connectivity index (χ4v) is 7.59. The molecule has 0 saturated heterocycles. The number of anilines is 1. The van der Waals surface area contributed by atoms with Crippen LogP contribution in [0.2, 0.25) is 0 Å². The minimum atomic E-state index is -4.15. The predicted octanol–water partition coefficient (Wildman–Crippen LogP) is 3.30. The van der Waals surface area contributed by atoms with Gasteiger partial charge in [-0.3, -0.25) is 4.79 Å². The van der Waals surface area contributed by atoms with Crippen LogP contribution in [0.3, 0.4) is 0 Å². The summed E-state index contributed by atoms with van der Waals surface area (Å²) >= 11 is 0.639. The van der Waals surface area contributed by atoms with Crippen LogP contribution < -0.4 is 15.8 Å². The third kappa shape index (κ3) is 6.51. The summed E-state index contributed by atoms with van der Waals surface area (Å²) in [5.74, 6) is -0.502. The molecular formula is C23H27N3O5S3. The number of rotatable bonds is 11. The molecule has 1 amide bonds. The van der Waals surface area contributed by atoms with Crippen LogP contribution in [0, 0.1) is 6.92 Å². The third-order valence-electron chi connectivity index (χ3n) is 5.02. The van der Waals surface area contributed by atoms with Crippen LogP contribution in [0.4, 0.5) is 5.69 Å². The Morgan fingerprint density at radius 3 is 2.21 bits per heavy atom. The first-order valence-electron chi connectivity index (χ1n) is 10.6. The van der Waals surface area contributed by atoms with Crippen molar-refractivity contribution < 1.29 is 21.6 Å². The maximum atomic E-state index is 13.1. The number of sulfone groups is 1. The van der Waals surface area contributed by atoms with Gasteiger partial charge in [-0.25, -0.2) is 16.8 Å². The quantitative estimate of drug-likeness (QED) is 0.331. The summed E-state index contributed by atoms with van der Waals surface area (Å²) in [6.45, 7) is 2.34. The monoisotopic (exact) mass is 521 g/mol. The van der Waals surface area contributed by atoms with Gasteiger partial charge in [0, 0.05) is 5.69 Å². The summed E-state index contributed by atoms with van der Waals surface area (Å²) in [6, 6.07) is 16.4. The van der Waals surface area contributed by atoms with Gasteiger partial charge in [-0.05, 0) is 62.7 Å². The molecule has 0 unspecified atom stereocenters. The molecule has 3 aromatic rings. The molecule has 2 aromatic carbocycles. The van der Waals surface area contributed by atoms with Crippen LogP contribution in [-0.4, -0.2) is 35.3 Å². The number of unbranched alkanes of at least 4 members (excludes halogenated alkanes) is 1. The van der Waals surface area contributed by atoms with Crippen molar-refractivity contribution in [3.05, 3.63) is 72.3 Å². The normalized spacial score (nSPS) is 12.9. The topological polar surface area (TPSA) is 135 Å². The van der Waals surface area contributed by atoms with E-state index in [0.29, 0.717) is 36.4 Å². The van der Waals surface area contributed by atoms with E-state index >= 15 is 0 Å². The lowest BCUT2D eigenvalue weighted by Crippen LogP contribution is -2.43. The molecule has 0 radical (unpaired) electrons. The summed E-state index contributed by atoms with van der Waals surface area (Å²) in [4.78, 5) is 13.0. The second-order valence-electron chi connectivity index (χ2n) is 7.70. The van der Waals surface area contributed by atoms with E-state index < -0.39 is 31.8 Å². The second-order valence-corrected chi connectivity index (χ2v) is 12.9. The van der Waals surface area contributed by atoms with Gasteiger partial charge in [0.1, 0.15) is 14.5 Å². The molecule has 0 saturated carbocycles. The molecule has 0 spiro atoms. The van der Waals surface area contributed by atoms with Gasteiger partial charge in [0.2, 0.25) is 15.7 Å². The lowest BCUT2D eigenvalue weighted by Gasteiger charge is -2.18.